The van der Waals surface area contributed by atoms with Crippen molar-refractivity contribution in [3.05, 3.63) is 33.4 Å². The first-order valence-corrected chi connectivity index (χ1v) is 8.32. The van der Waals surface area contributed by atoms with E-state index in [0.717, 1.165) is 24.3 Å². The molecule has 0 bridgehead atoms. The maximum atomic E-state index is 3.73. The Morgan fingerprint density at radius 3 is 2.44 bits per heavy atom. The molecule has 18 heavy (non-hydrogen) atoms. The highest BCUT2D eigenvalue weighted by Gasteiger charge is 2.47. The third-order valence-electron chi connectivity index (χ3n) is 4.68. The zero-order valence-electron chi connectivity index (χ0n) is 11.0. The standard InChI is InChI=1S/C16H22IN/c1-2-18-16(14-9-12-8-13(12)10-14)7-11-3-5-15(17)6-4-11/h3-6,12-14,16,18H,2,7-10H2,1H3. The molecule has 2 heteroatoms. The van der Waals surface area contributed by atoms with Gasteiger partial charge >= 0.3 is 0 Å². The van der Waals surface area contributed by atoms with Crippen molar-refractivity contribution in [1.82, 2.24) is 5.32 Å². The van der Waals surface area contributed by atoms with E-state index in [0.29, 0.717) is 6.04 Å². The molecular weight excluding hydrogens is 333 g/mol. The highest BCUT2D eigenvalue weighted by molar-refractivity contribution is 14.1. The van der Waals surface area contributed by atoms with Crippen LogP contribution in [-0.4, -0.2) is 12.6 Å². The molecule has 3 unspecified atom stereocenters. The smallest absolute Gasteiger partial charge is 0.0136 e. The molecular formula is C16H22IN. The van der Waals surface area contributed by atoms with Crippen LogP contribution in [0.25, 0.3) is 0 Å². The Balaban J connectivity index is 1.64. The molecule has 0 heterocycles. The van der Waals surface area contributed by atoms with Gasteiger partial charge in [-0.15, -0.1) is 0 Å². The number of benzene rings is 1. The SMILES string of the molecule is CCNC(Cc1ccc(I)cc1)C1CC2CC2C1. The van der Waals surface area contributed by atoms with Crippen LogP contribution < -0.4 is 5.32 Å². The average molecular weight is 355 g/mol. The minimum Gasteiger partial charge on any atom is -0.314 e. The van der Waals surface area contributed by atoms with Crippen molar-refractivity contribution in [2.75, 3.05) is 6.54 Å². The van der Waals surface area contributed by atoms with Gasteiger partial charge in [0, 0.05) is 9.61 Å². The van der Waals surface area contributed by atoms with E-state index < -0.39 is 0 Å². The predicted molar refractivity (Wildman–Crippen MR) is 84.6 cm³/mol. The van der Waals surface area contributed by atoms with Crippen LogP contribution >= 0.6 is 22.6 Å². The zero-order valence-corrected chi connectivity index (χ0v) is 13.2. The summed E-state index contributed by atoms with van der Waals surface area (Å²) < 4.78 is 1.33. The van der Waals surface area contributed by atoms with E-state index in [-0.39, 0.29) is 0 Å². The number of fused-ring (bicyclic) bond motifs is 1. The van der Waals surface area contributed by atoms with Gasteiger partial charge in [0.1, 0.15) is 0 Å². The molecule has 0 amide bonds. The van der Waals surface area contributed by atoms with Crippen LogP contribution in [0.3, 0.4) is 0 Å². The first kappa shape index (κ1) is 12.9. The second-order valence-electron chi connectivity index (χ2n) is 5.98. The van der Waals surface area contributed by atoms with Crippen LogP contribution in [0.15, 0.2) is 24.3 Å². The minimum atomic E-state index is 0.697. The predicted octanol–water partition coefficient (Wildman–Crippen LogP) is 3.86. The van der Waals surface area contributed by atoms with Crippen molar-refractivity contribution in [2.24, 2.45) is 17.8 Å². The Hall–Kier alpha value is -0.0900. The van der Waals surface area contributed by atoms with E-state index in [1.54, 1.807) is 0 Å². The zero-order chi connectivity index (χ0) is 12.5. The molecule has 3 rings (SSSR count). The maximum Gasteiger partial charge on any atom is 0.0136 e. The summed E-state index contributed by atoms with van der Waals surface area (Å²) in [5, 5.41) is 3.73. The third-order valence-corrected chi connectivity index (χ3v) is 5.40. The van der Waals surface area contributed by atoms with Gasteiger partial charge in [0.2, 0.25) is 0 Å². The number of halogens is 1. The Morgan fingerprint density at radius 2 is 1.83 bits per heavy atom. The molecule has 1 aromatic carbocycles. The van der Waals surface area contributed by atoms with Crippen LogP contribution in [0.4, 0.5) is 0 Å². The molecule has 1 nitrogen and oxygen atoms in total. The Bertz CT molecular complexity index is 390. The third kappa shape index (κ3) is 2.90. The van der Waals surface area contributed by atoms with Crippen molar-refractivity contribution in [2.45, 2.75) is 38.6 Å². The van der Waals surface area contributed by atoms with Crippen LogP contribution in [0, 0.1) is 21.3 Å². The number of rotatable bonds is 5. The van der Waals surface area contributed by atoms with Crippen molar-refractivity contribution < 1.29 is 0 Å². The van der Waals surface area contributed by atoms with Gasteiger partial charge in [-0.25, -0.2) is 0 Å². The lowest BCUT2D eigenvalue weighted by Crippen LogP contribution is -2.37. The summed E-state index contributed by atoms with van der Waals surface area (Å²) in [6.07, 6.45) is 5.69. The van der Waals surface area contributed by atoms with Gasteiger partial charge < -0.3 is 5.32 Å². The first-order valence-electron chi connectivity index (χ1n) is 7.24. The Kier molecular flexibility index (Phi) is 3.94. The number of hydrogen-bond donors (Lipinski definition) is 1. The van der Waals surface area contributed by atoms with Gasteiger partial charge in [0.15, 0.2) is 0 Å². The van der Waals surface area contributed by atoms with Gasteiger partial charge in [-0.2, -0.15) is 0 Å². The van der Waals surface area contributed by atoms with E-state index in [4.69, 9.17) is 0 Å². The molecule has 0 spiro atoms. The fourth-order valence-electron chi connectivity index (χ4n) is 3.63. The van der Waals surface area contributed by atoms with Gasteiger partial charge in [-0.1, -0.05) is 19.1 Å². The van der Waals surface area contributed by atoms with Gasteiger partial charge in [-0.05, 0) is 90.3 Å². The van der Waals surface area contributed by atoms with Gasteiger partial charge in [0.05, 0.1) is 0 Å². The first-order chi connectivity index (χ1) is 8.76. The monoisotopic (exact) mass is 355 g/mol. The molecule has 3 atom stereocenters. The summed E-state index contributed by atoms with van der Waals surface area (Å²) in [4.78, 5) is 0. The molecule has 2 saturated carbocycles. The van der Waals surface area contributed by atoms with Crippen LogP contribution in [0.1, 0.15) is 31.7 Å². The normalized spacial score (nSPS) is 31.1. The second-order valence-corrected chi connectivity index (χ2v) is 7.23. The number of hydrogen-bond acceptors (Lipinski definition) is 1. The topological polar surface area (TPSA) is 12.0 Å². The van der Waals surface area contributed by atoms with Crippen LogP contribution in [-0.2, 0) is 6.42 Å². The van der Waals surface area contributed by atoms with E-state index >= 15 is 0 Å². The summed E-state index contributed by atoms with van der Waals surface area (Å²) in [6, 6.07) is 9.74. The maximum absolute atomic E-state index is 3.73. The van der Waals surface area contributed by atoms with Gasteiger partial charge in [-0.3, -0.25) is 0 Å². The lowest BCUT2D eigenvalue weighted by Gasteiger charge is -2.25. The van der Waals surface area contributed by atoms with Crippen LogP contribution in [0.5, 0.6) is 0 Å². The van der Waals surface area contributed by atoms with Crippen molar-refractivity contribution in [1.29, 1.82) is 0 Å². The number of nitrogens with one attached hydrogen (secondary N) is 1. The average Bonchev–Trinajstić information content (AvgIpc) is 2.98. The summed E-state index contributed by atoms with van der Waals surface area (Å²) in [6.45, 7) is 3.33. The molecule has 2 aliphatic carbocycles. The van der Waals surface area contributed by atoms with Crippen molar-refractivity contribution in [3.8, 4) is 0 Å². The highest BCUT2D eigenvalue weighted by atomic mass is 127. The summed E-state index contributed by atoms with van der Waals surface area (Å²) in [5.74, 6) is 3.11. The fourth-order valence-corrected chi connectivity index (χ4v) is 3.99. The Labute approximate surface area is 124 Å². The molecule has 2 aliphatic rings. The van der Waals surface area contributed by atoms with E-state index in [2.05, 4.69) is 59.1 Å². The molecule has 0 aromatic heterocycles. The minimum absolute atomic E-state index is 0.697. The lowest BCUT2D eigenvalue weighted by atomic mass is 9.89. The molecule has 1 aromatic rings. The summed E-state index contributed by atoms with van der Waals surface area (Å²) in [7, 11) is 0. The quantitative estimate of drug-likeness (QED) is 0.791. The molecule has 0 radical (unpaired) electrons. The van der Waals surface area contributed by atoms with Crippen molar-refractivity contribution in [3.63, 3.8) is 0 Å². The summed E-state index contributed by atoms with van der Waals surface area (Å²) >= 11 is 2.38. The van der Waals surface area contributed by atoms with Gasteiger partial charge in [0.25, 0.3) is 0 Å². The second kappa shape index (κ2) is 5.49. The molecule has 0 saturated heterocycles. The van der Waals surface area contributed by atoms with Crippen molar-refractivity contribution >= 4 is 22.6 Å². The molecule has 1 N–H and O–H groups in total. The lowest BCUT2D eigenvalue weighted by molar-refractivity contribution is 0.337. The molecule has 2 fully saturated rings. The van der Waals surface area contributed by atoms with Crippen LogP contribution in [0.2, 0.25) is 0 Å². The molecule has 0 aliphatic heterocycles. The Morgan fingerprint density at radius 1 is 1.17 bits per heavy atom. The largest absolute Gasteiger partial charge is 0.314 e. The fraction of sp³-hybridized carbons (Fsp3) is 0.625. The molecule has 98 valence electrons. The summed E-state index contributed by atoms with van der Waals surface area (Å²) in [5.41, 5.74) is 1.49. The number of likely N-dealkylation sites (N-methyl/N-ethyl adjacent to an activating group) is 1. The van der Waals surface area contributed by atoms with E-state index in [1.165, 1.54) is 34.8 Å². The highest BCUT2D eigenvalue weighted by Crippen LogP contribution is 2.55. The van der Waals surface area contributed by atoms with E-state index in [9.17, 15) is 0 Å². The van der Waals surface area contributed by atoms with E-state index in [1.807, 2.05) is 0 Å².